The Hall–Kier alpha value is -2.94. The van der Waals surface area contributed by atoms with Crippen molar-refractivity contribution in [3.05, 3.63) is 59.7 Å². The van der Waals surface area contributed by atoms with Crippen molar-refractivity contribution >= 4 is 17.5 Å². The Labute approximate surface area is 169 Å². The van der Waals surface area contributed by atoms with E-state index in [2.05, 4.69) is 5.32 Å². The number of ether oxygens (including phenoxy) is 2. The number of aliphatic hydroxyl groups excluding tert-OH is 1. The lowest BCUT2D eigenvalue weighted by Gasteiger charge is -2.40. The fourth-order valence-electron chi connectivity index (χ4n) is 3.35. The molecule has 8 nitrogen and oxygen atoms in total. The summed E-state index contributed by atoms with van der Waals surface area (Å²) in [4.78, 5) is 26.0. The first-order valence-electron chi connectivity index (χ1n) is 9.34. The van der Waals surface area contributed by atoms with E-state index < -0.39 is 12.1 Å². The molecule has 2 aromatic carbocycles. The summed E-state index contributed by atoms with van der Waals surface area (Å²) < 4.78 is 10.8. The molecule has 2 amide bonds. The predicted molar refractivity (Wildman–Crippen MR) is 108 cm³/mol. The minimum atomic E-state index is -0.500. The molecule has 2 aromatic rings. The number of morpholine rings is 1. The molecule has 1 aliphatic heterocycles. The van der Waals surface area contributed by atoms with E-state index in [4.69, 9.17) is 15.2 Å². The van der Waals surface area contributed by atoms with Gasteiger partial charge in [0.05, 0.1) is 19.8 Å². The largest absolute Gasteiger partial charge is 0.497 e. The van der Waals surface area contributed by atoms with Gasteiger partial charge in [0.25, 0.3) is 5.91 Å². The number of benzene rings is 2. The van der Waals surface area contributed by atoms with Crippen LogP contribution in [-0.4, -0.2) is 61.3 Å². The van der Waals surface area contributed by atoms with Gasteiger partial charge in [0.1, 0.15) is 18.5 Å². The SMILES string of the molecule is COc1ccc(C(=O)Nc2ccc([C@H]3OCC(=O)N(CCN)[C@@H]3CO)cc2)cc1. The molecule has 1 saturated heterocycles. The highest BCUT2D eigenvalue weighted by molar-refractivity contribution is 6.04. The zero-order chi connectivity index (χ0) is 20.8. The molecule has 1 fully saturated rings. The van der Waals surface area contributed by atoms with Crippen LogP contribution in [0.2, 0.25) is 0 Å². The Kier molecular flexibility index (Phi) is 6.82. The number of aliphatic hydroxyl groups is 1. The maximum absolute atomic E-state index is 12.4. The van der Waals surface area contributed by atoms with Gasteiger partial charge in [-0.3, -0.25) is 9.59 Å². The van der Waals surface area contributed by atoms with Gasteiger partial charge in [0.2, 0.25) is 5.91 Å². The minimum Gasteiger partial charge on any atom is -0.497 e. The fraction of sp³-hybridized carbons (Fsp3) is 0.333. The van der Waals surface area contributed by atoms with Gasteiger partial charge in [-0.1, -0.05) is 12.1 Å². The van der Waals surface area contributed by atoms with Crippen molar-refractivity contribution in [2.45, 2.75) is 12.1 Å². The molecule has 0 radical (unpaired) electrons. The van der Waals surface area contributed by atoms with Gasteiger partial charge in [0.15, 0.2) is 0 Å². The van der Waals surface area contributed by atoms with E-state index in [0.29, 0.717) is 30.1 Å². The molecule has 0 aromatic heterocycles. The highest BCUT2D eigenvalue weighted by Crippen LogP contribution is 2.29. The maximum atomic E-state index is 12.4. The Balaban J connectivity index is 1.70. The van der Waals surface area contributed by atoms with E-state index in [-0.39, 0.29) is 25.0 Å². The third-order valence-corrected chi connectivity index (χ3v) is 4.86. The number of nitrogens with two attached hydrogens (primary N) is 1. The molecule has 1 aliphatic rings. The van der Waals surface area contributed by atoms with Crippen LogP contribution in [0.1, 0.15) is 22.0 Å². The summed E-state index contributed by atoms with van der Waals surface area (Å²) in [7, 11) is 1.57. The lowest BCUT2D eigenvalue weighted by Crippen LogP contribution is -2.54. The second-order valence-electron chi connectivity index (χ2n) is 6.66. The molecule has 0 unspecified atom stereocenters. The van der Waals surface area contributed by atoms with Crippen LogP contribution in [0.25, 0.3) is 0 Å². The third-order valence-electron chi connectivity index (χ3n) is 4.86. The standard InChI is InChI=1S/C21H25N3O5/c1-28-17-8-4-15(5-9-17)21(27)23-16-6-2-14(3-7-16)20-18(12-25)24(11-10-22)19(26)13-29-20/h2-9,18,20,25H,10-13,22H2,1H3,(H,23,27)/t18-,20-/m1/s1. The van der Waals surface area contributed by atoms with Crippen molar-refractivity contribution in [1.82, 2.24) is 4.90 Å². The van der Waals surface area contributed by atoms with Gasteiger partial charge in [-0.15, -0.1) is 0 Å². The van der Waals surface area contributed by atoms with Crippen molar-refractivity contribution < 1.29 is 24.2 Å². The first-order chi connectivity index (χ1) is 14.1. The first kappa shape index (κ1) is 20.8. The van der Waals surface area contributed by atoms with Crippen molar-refractivity contribution in [2.75, 3.05) is 38.7 Å². The Bertz CT molecular complexity index is 838. The second kappa shape index (κ2) is 9.51. The fourth-order valence-corrected chi connectivity index (χ4v) is 3.35. The molecule has 154 valence electrons. The zero-order valence-corrected chi connectivity index (χ0v) is 16.2. The molecular formula is C21H25N3O5. The molecule has 29 heavy (non-hydrogen) atoms. The number of nitrogens with one attached hydrogen (secondary N) is 1. The van der Waals surface area contributed by atoms with Crippen molar-refractivity contribution in [3.8, 4) is 5.75 Å². The molecular weight excluding hydrogens is 374 g/mol. The number of carbonyl (C=O) groups excluding carboxylic acids is 2. The minimum absolute atomic E-state index is 0.0584. The van der Waals surface area contributed by atoms with E-state index in [9.17, 15) is 14.7 Å². The summed E-state index contributed by atoms with van der Waals surface area (Å²) in [6.45, 7) is 0.384. The molecule has 1 heterocycles. The molecule has 0 aliphatic carbocycles. The summed E-state index contributed by atoms with van der Waals surface area (Å²) in [5, 5.41) is 12.6. The summed E-state index contributed by atoms with van der Waals surface area (Å²) in [6.07, 6.45) is -0.462. The van der Waals surface area contributed by atoms with E-state index in [1.807, 2.05) is 12.1 Å². The van der Waals surface area contributed by atoms with Crippen LogP contribution in [-0.2, 0) is 9.53 Å². The van der Waals surface area contributed by atoms with E-state index in [1.54, 1.807) is 48.4 Å². The Morgan fingerprint density at radius 1 is 1.24 bits per heavy atom. The van der Waals surface area contributed by atoms with E-state index >= 15 is 0 Å². The quantitative estimate of drug-likeness (QED) is 0.644. The van der Waals surface area contributed by atoms with Gasteiger partial charge in [-0.2, -0.15) is 0 Å². The van der Waals surface area contributed by atoms with Crippen molar-refractivity contribution in [3.63, 3.8) is 0 Å². The van der Waals surface area contributed by atoms with Gasteiger partial charge < -0.3 is 30.5 Å². The number of anilines is 1. The summed E-state index contributed by atoms with van der Waals surface area (Å²) >= 11 is 0. The van der Waals surface area contributed by atoms with Gasteiger partial charge >= 0.3 is 0 Å². The lowest BCUT2D eigenvalue weighted by molar-refractivity contribution is -0.160. The highest BCUT2D eigenvalue weighted by atomic mass is 16.5. The number of hydrogen-bond donors (Lipinski definition) is 3. The molecule has 3 rings (SSSR count). The van der Waals surface area contributed by atoms with E-state index in [1.165, 1.54) is 0 Å². The van der Waals surface area contributed by atoms with Crippen LogP contribution in [0.15, 0.2) is 48.5 Å². The van der Waals surface area contributed by atoms with Crippen LogP contribution in [0.3, 0.4) is 0 Å². The van der Waals surface area contributed by atoms with Crippen LogP contribution in [0, 0.1) is 0 Å². The first-order valence-corrected chi connectivity index (χ1v) is 9.34. The maximum Gasteiger partial charge on any atom is 0.255 e. The number of hydrogen-bond acceptors (Lipinski definition) is 6. The summed E-state index contributed by atoms with van der Waals surface area (Å²) in [5.41, 5.74) is 7.54. The van der Waals surface area contributed by atoms with Gasteiger partial charge in [0, 0.05) is 24.3 Å². The second-order valence-corrected chi connectivity index (χ2v) is 6.66. The third kappa shape index (κ3) is 4.73. The summed E-state index contributed by atoms with van der Waals surface area (Å²) in [6, 6.07) is 13.5. The van der Waals surface area contributed by atoms with Gasteiger partial charge in [-0.05, 0) is 42.0 Å². The lowest BCUT2D eigenvalue weighted by atomic mass is 9.99. The van der Waals surface area contributed by atoms with Crippen LogP contribution in [0.5, 0.6) is 5.75 Å². The number of carbonyl (C=O) groups is 2. The number of rotatable bonds is 7. The average molecular weight is 399 g/mol. The predicted octanol–water partition coefficient (Wildman–Crippen LogP) is 1.17. The van der Waals surface area contributed by atoms with Crippen molar-refractivity contribution in [2.24, 2.45) is 5.73 Å². The Morgan fingerprint density at radius 3 is 2.52 bits per heavy atom. The normalized spacial score (nSPS) is 19.1. The van der Waals surface area contributed by atoms with Crippen LogP contribution in [0.4, 0.5) is 5.69 Å². The molecule has 0 spiro atoms. The van der Waals surface area contributed by atoms with Crippen LogP contribution < -0.4 is 15.8 Å². The molecule has 0 saturated carbocycles. The average Bonchev–Trinajstić information content (AvgIpc) is 2.76. The topological polar surface area (TPSA) is 114 Å². The molecule has 0 bridgehead atoms. The monoisotopic (exact) mass is 399 g/mol. The highest BCUT2D eigenvalue weighted by Gasteiger charge is 2.36. The molecule has 2 atom stereocenters. The molecule has 8 heteroatoms. The van der Waals surface area contributed by atoms with Gasteiger partial charge in [-0.25, -0.2) is 0 Å². The number of nitrogens with zero attached hydrogens (tertiary/aromatic N) is 1. The Morgan fingerprint density at radius 2 is 1.93 bits per heavy atom. The number of methoxy groups -OCH3 is 1. The van der Waals surface area contributed by atoms with Crippen molar-refractivity contribution in [1.29, 1.82) is 0 Å². The number of amides is 2. The molecule has 4 N–H and O–H groups in total. The van der Waals surface area contributed by atoms with E-state index in [0.717, 1.165) is 5.56 Å². The smallest absolute Gasteiger partial charge is 0.255 e. The zero-order valence-electron chi connectivity index (χ0n) is 16.2. The summed E-state index contributed by atoms with van der Waals surface area (Å²) in [5.74, 6) is 0.260. The van der Waals surface area contributed by atoms with Crippen LogP contribution >= 0.6 is 0 Å².